The molecule has 1 aliphatic carbocycles. The van der Waals surface area contributed by atoms with E-state index in [-0.39, 0.29) is 12.5 Å². The summed E-state index contributed by atoms with van der Waals surface area (Å²) >= 11 is 0. The van der Waals surface area contributed by atoms with Gasteiger partial charge in [0.15, 0.2) is 0 Å². The molecule has 1 fully saturated rings. The summed E-state index contributed by atoms with van der Waals surface area (Å²) in [5.74, 6) is 0. The highest BCUT2D eigenvalue weighted by atomic mass is 19.1. The van der Waals surface area contributed by atoms with Crippen LogP contribution in [0.4, 0.5) is 4.39 Å². The van der Waals surface area contributed by atoms with Gasteiger partial charge in [0.05, 0.1) is 12.2 Å². The molecule has 3 heteroatoms. The first kappa shape index (κ1) is 9.93. The Hall–Kier alpha value is -0.150. The van der Waals surface area contributed by atoms with E-state index in [1.807, 2.05) is 6.92 Å². The van der Waals surface area contributed by atoms with Crippen molar-refractivity contribution >= 4 is 0 Å². The number of aliphatic hydroxyl groups is 1. The SMILES string of the molecule is CCCOC1CCC(O)CC1F. The van der Waals surface area contributed by atoms with Crippen molar-refractivity contribution in [1.82, 2.24) is 0 Å². The van der Waals surface area contributed by atoms with Gasteiger partial charge < -0.3 is 9.84 Å². The molecule has 0 bridgehead atoms. The minimum Gasteiger partial charge on any atom is -0.393 e. The number of aliphatic hydroxyl groups excluding tert-OH is 1. The molecule has 72 valence electrons. The summed E-state index contributed by atoms with van der Waals surface area (Å²) in [7, 11) is 0. The quantitative estimate of drug-likeness (QED) is 0.708. The molecular weight excluding hydrogens is 159 g/mol. The predicted molar refractivity (Wildman–Crippen MR) is 44.8 cm³/mol. The van der Waals surface area contributed by atoms with E-state index < -0.39 is 12.3 Å². The lowest BCUT2D eigenvalue weighted by Gasteiger charge is -2.28. The highest BCUT2D eigenvalue weighted by molar-refractivity contribution is 4.80. The molecule has 0 aromatic rings. The Morgan fingerprint density at radius 3 is 2.83 bits per heavy atom. The van der Waals surface area contributed by atoms with Crippen molar-refractivity contribution in [2.75, 3.05) is 6.61 Å². The molecule has 0 spiro atoms. The van der Waals surface area contributed by atoms with Gasteiger partial charge in [0.2, 0.25) is 0 Å². The van der Waals surface area contributed by atoms with Crippen molar-refractivity contribution in [3.63, 3.8) is 0 Å². The van der Waals surface area contributed by atoms with Crippen LogP contribution in [0.5, 0.6) is 0 Å². The monoisotopic (exact) mass is 176 g/mol. The van der Waals surface area contributed by atoms with E-state index in [0.29, 0.717) is 19.4 Å². The molecule has 1 aliphatic rings. The van der Waals surface area contributed by atoms with Crippen LogP contribution in [0.1, 0.15) is 32.6 Å². The zero-order valence-electron chi connectivity index (χ0n) is 7.50. The molecule has 0 amide bonds. The van der Waals surface area contributed by atoms with Gasteiger partial charge in [0.25, 0.3) is 0 Å². The maximum Gasteiger partial charge on any atom is 0.129 e. The van der Waals surface area contributed by atoms with Crippen molar-refractivity contribution in [1.29, 1.82) is 0 Å². The Labute approximate surface area is 72.7 Å². The van der Waals surface area contributed by atoms with Crippen molar-refractivity contribution in [3.8, 4) is 0 Å². The lowest BCUT2D eigenvalue weighted by molar-refractivity contribution is -0.0539. The van der Waals surface area contributed by atoms with E-state index >= 15 is 0 Å². The largest absolute Gasteiger partial charge is 0.393 e. The Kier molecular flexibility index (Phi) is 3.95. The maximum atomic E-state index is 13.1. The van der Waals surface area contributed by atoms with Gasteiger partial charge in [-0.2, -0.15) is 0 Å². The second-order valence-corrected chi connectivity index (χ2v) is 3.39. The molecule has 0 saturated heterocycles. The van der Waals surface area contributed by atoms with Crippen LogP contribution in [0.25, 0.3) is 0 Å². The number of hydrogen-bond acceptors (Lipinski definition) is 2. The Morgan fingerprint density at radius 1 is 1.50 bits per heavy atom. The molecule has 0 heterocycles. The lowest BCUT2D eigenvalue weighted by atomic mass is 9.93. The first-order chi connectivity index (χ1) is 5.74. The van der Waals surface area contributed by atoms with E-state index in [4.69, 9.17) is 9.84 Å². The summed E-state index contributed by atoms with van der Waals surface area (Å²) in [5.41, 5.74) is 0. The lowest BCUT2D eigenvalue weighted by Crippen LogP contribution is -2.35. The third kappa shape index (κ3) is 2.72. The van der Waals surface area contributed by atoms with Gasteiger partial charge in [0, 0.05) is 13.0 Å². The second kappa shape index (κ2) is 4.77. The number of hydrogen-bond donors (Lipinski definition) is 1. The van der Waals surface area contributed by atoms with Crippen LogP contribution in [0.3, 0.4) is 0 Å². The van der Waals surface area contributed by atoms with Crippen LogP contribution in [0, 0.1) is 0 Å². The van der Waals surface area contributed by atoms with E-state index in [0.717, 1.165) is 6.42 Å². The zero-order chi connectivity index (χ0) is 8.97. The molecule has 1 saturated carbocycles. The van der Waals surface area contributed by atoms with Crippen LogP contribution < -0.4 is 0 Å². The molecule has 1 rings (SSSR count). The van der Waals surface area contributed by atoms with Gasteiger partial charge in [-0.05, 0) is 19.3 Å². The third-order valence-corrected chi connectivity index (χ3v) is 2.22. The minimum absolute atomic E-state index is 0.244. The normalized spacial score (nSPS) is 36.8. The second-order valence-electron chi connectivity index (χ2n) is 3.39. The first-order valence-electron chi connectivity index (χ1n) is 4.67. The summed E-state index contributed by atoms with van der Waals surface area (Å²) in [4.78, 5) is 0. The van der Waals surface area contributed by atoms with Crippen molar-refractivity contribution in [3.05, 3.63) is 0 Å². The molecule has 2 nitrogen and oxygen atoms in total. The molecule has 0 aliphatic heterocycles. The standard InChI is InChI=1S/C9H17FO2/c1-2-5-12-9-4-3-7(11)6-8(9)10/h7-9,11H,2-6H2,1H3. The van der Waals surface area contributed by atoms with Gasteiger partial charge in [-0.15, -0.1) is 0 Å². The number of ether oxygens (including phenoxy) is 1. The van der Waals surface area contributed by atoms with E-state index in [2.05, 4.69) is 0 Å². The summed E-state index contributed by atoms with van der Waals surface area (Å²) < 4.78 is 18.4. The zero-order valence-corrected chi connectivity index (χ0v) is 7.50. The minimum atomic E-state index is -0.972. The van der Waals surface area contributed by atoms with Gasteiger partial charge >= 0.3 is 0 Å². The maximum absolute atomic E-state index is 13.1. The molecule has 0 radical (unpaired) electrons. The van der Waals surface area contributed by atoms with E-state index in [1.165, 1.54) is 0 Å². The highest BCUT2D eigenvalue weighted by Crippen LogP contribution is 2.24. The summed E-state index contributed by atoms with van der Waals surface area (Å²) in [6, 6.07) is 0. The van der Waals surface area contributed by atoms with Gasteiger partial charge in [-0.25, -0.2) is 4.39 Å². The van der Waals surface area contributed by atoms with Gasteiger partial charge in [-0.3, -0.25) is 0 Å². The Bertz CT molecular complexity index is 128. The summed E-state index contributed by atoms with van der Waals surface area (Å²) in [6.07, 6.45) is 0.798. The fourth-order valence-corrected chi connectivity index (χ4v) is 1.52. The molecule has 3 unspecified atom stereocenters. The average Bonchev–Trinajstić information content (AvgIpc) is 2.03. The van der Waals surface area contributed by atoms with Crippen LogP contribution in [0.15, 0.2) is 0 Å². The molecule has 3 atom stereocenters. The molecule has 12 heavy (non-hydrogen) atoms. The number of halogens is 1. The van der Waals surface area contributed by atoms with E-state index in [1.54, 1.807) is 0 Å². The fourth-order valence-electron chi connectivity index (χ4n) is 1.52. The smallest absolute Gasteiger partial charge is 0.129 e. The molecular formula is C9H17FO2. The van der Waals surface area contributed by atoms with Gasteiger partial charge in [0.1, 0.15) is 6.17 Å². The van der Waals surface area contributed by atoms with E-state index in [9.17, 15) is 4.39 Å². The number of alkyl halides is 1. The Morgan fingerprint density at radius 2 is 2.25 bits per heavy atom. The van der Waals surface area contributed by atoms with Crippen LogP contribution >= 0.6 is 0 Å². The highest BCUT2D eigenvalue weighted by Gasteiger charge is 2.29. The first-order valence-corrected chi connectivity index (χ1v) is 4.67. The van der Waals surface area contributed by atoms with Crippen molar-refractivity contribution in [2.24, 2.45) is 0 Å². The fraction of sp³-hybridized carbons (Fsp3) is 1.00. The van der Waals surface area contributed by atoms with Crippen molar-refractivity contribution in [2.45, 2.75) is 51.0 Å². The average molecular weight is 176 g/mol. The third-order valence-electron chi connectivity index (χ3n) is 2.22. The topological polar surface area (TPSA) is 29.5 Å². The van der Waals surface area contributed by atoms with Gasteiger partial charge in [-0.1, -0.05) is 6.92 Å². The van der Waals surface area contributed by atoms with Crippen LogP contribution in [-0.2, 0) is 4.74 Å². The predicted octanol–water partition coefficient (Wildman–Crippen LogP) is 1.66. The summed E-state index contributed by atoms with van der Waals surface area (Å²) in [5, 5.41) is 9.13. The van der Waals surface area contributed by atoms with Crippen LogP contribution in [-0.4, -0.2) is 30.1 Å². The molecule has 0 aromatic heterocycles. The number of rotatable bonds is 3. The summed E-state index contributed by atoms with van der Waals surface area (Å²) in [6.45, 7) is 2.63. The molecule has 0 aromatic carbocycles. The van der Waals surface area contributed by atoms with Crippen LogP contribution in [0.2, 0.25) is 0 Å². The van der Waals surface area contributed by atoms with Crippen molar-refractivity contribution < 1.29 is 14.2 Å². The molecule has 1 N–H and O–H groups in total. The Balaban J connectivity index is 2.25.